The van der Waals surface area contributed by atoms with Gasteiger partial charge >= 0.3 is 0 Å². The minimum absolute atomic E-state index is 0.195. The van der Waals surface area contributed by atoms with E-state index >= 15 is 0 Å². The minimum atomic E-state index is -4.10. The fourth-order valence-electron chi connectivity index (χ4n) is 5.29. The summed E-state index contributed by atoms with van der Waals surface area (Å²) in [6.45, 7) is 1.86. The second-order valence-electron chi connectivity index (χ2n) is 10.5. The molecule has 214 valence electrons. The molecule has 0 spiro atoms. The number of aromatic nitrogens is 3. The molecule has 0 saturated heterocycles. The lowest BCUT2D eigenvalue weighted by Gasteiger charge is -2.39. The molecule has 12 heteroatoms. The van der Waals surface area contributed by atoms with Crippen LogP contribution >= 0.6 is 34.5 Å². The summed E-state index contributed by atoms with van der Waals surface area (Å²) in [6, 6.07) is 10.4. The van der Waals surface area contributed by atoms with Crippen molar-refractivity contribution < 1.29 is 17.9 Å². The molecule has 3 aromatic heterocycles. The Morgan fingerprint density at radius 2 is 1.98 bits per heavy atom. The zero-order valence-corrected chi connectivity index (χ0v) is 25.6. The van der Waals surface area contributed by atoms with Crippen molar-refractivity contribution in [1.29, 1.82) is 0 Å². The number of hydrogen-bond acceptors (Lipinski definition) is 8. The van der Waals surface area contributed by atoms with E-state index in [9.17, 15) is 8.42 Å². The molecule has 0 aliphatic heterocycles. The first-order chi connectivity index (χ1) is 19.6. The smallest absolute Gasteiger partial charge is 0.250 e. The van der Waals surface area contributed by atoms with Crippen LogP contribution in [-0.4, -0.2) is 41.0 Å². The number of nitrogen functional groups attached to an aromatic ring is 1. The SMILES string of the molecule is COCOC1(c2ncc(C3=CCC(C)(S(=O)(=O)n4c(-c5ccc(N)cc5Cl)cc5cccnc54)C=C3Cl)s2)CCC1. The van der Waals surface area contributed by atoms with Crippen LogP contribution < -0.4 is 5.73 Å². The van der Waals surface area contributed by atoms with Crippen molar-refractivity contribution in [3.05, 3.63) is 80.9 Å². The molecule has 41 heavy (non-hydrogen) atoms. The van der Waals surface area contributed by atoms with Gasteiger partial charge in [0.25, 0.3) is 0 Å². The first-order valence-corrected chi connectivity index (χ1v) is 16.1. The highest BCUT2D eigenvalue weighted by Crippen LogP contribution is 2.49. The maximum atomic E-state index is 14.5. The van der Waals surface area contributed by atoms with Crippen LogP contribution in [0.4, 0.5) is 5.69 Å². The van der Waals surface area contributed by atoms with E-state index in [2.05, 4.69) is 9.97 Å². The van der Waals surface area contributed by atoms with Crippen molar-refractivity contribution in [3.63, 3.8) is 0 Å². The predicted octanol–water partition coefficient (Wildman–Crippen LogP) is 6.94. The number of pyridine rings is 1. The van der Waals surface area contributed by atoms with Crippen LogP contribution in [0.5, 0.6) is 0 Å². The van der Waals surface area contributed by atoms with E-state index in [4.69, 9.17) is 38.4 Å². The van der Waals surface area contributed by atoms with Gasteiger partial charge in [0.15, 0.2) is 5.65 Å². The third kappa shape index (κ3) is 4.70. The number of ether oxygens (including phenoxy) is 2. The van der Waals surface area contributed by atoms with Gasteiger partial charge in [0, 0.05) is 46.7 Å². The quantitative estimate of drug-likeness (QED) is 0.166. The summed E-state index contributed by atoms with van der Waals surface area (Å²) >= 11 is 14.9. The molecule has 1 aromatic carbocycles. The molecule has 8 nitrogen and oxygen atoms in total. The van der Waals surface area contributed by atoms with E-state index in [1.165, 1.54) is 15.3 Å². The van der Waals surface area contributed by atoms with Crippen molar-refractivity contribution in [2.24, 2.45) is 0 Å². The van der Waals surface area contributed by atoms with Crippen LogP contribution in [0.25, 0.3) is 27.9 Å². The molecule has 1 unspecified atom stereocenters. The number of halogens is 2. The number of anilines is 1. The summed E-state index contributed by atoms with van der Waals surface area (Å²) in [6.07, 6.45) is 9.84. The lowest BCUT2D eigenvalue weighted by Crippen LogP contribution is -2.39. The predicted molar refractivity (Wildman–Crippen MR) is 164 cm³/mol. The van der Waals surface area contributed by atoms with Crippen LogP contribution in [0, 0.1) is 0 Å². The van der Waals surface area contributed by atoms with Crippen molar-refractivity contribution in [3.8, 4) is 11.3 Å². The zero-order valence-electron chi connectivity index (χ0n) is 22.4. The Hall–Kier alpha value is -2.73. The molecular formula is C29H28Cl2N4O4S2. The Bertz CT molecular complexity index is 1830. The third-order valence-electron chi connectivity index (χ3n) is 7.80. The van der Waals surface area contributed by atoms with Crippen LogP contribution in [0.15, 0.2) is 66.0 Å². The number of methoxy groups -OCH3 is 1. The number of benzene rings is 1. The summed E-state index contributed by atoms with van der Waals surface area (Å²) < 4.78 is 40.1. The zero-order chi connectivity index (χ0) is 29.0. The standard InChI is InChI=1S/C29H28Cl2N4O4S2/c1-28(11-8-21(23(31)15-28)25-16-34-27(40-25)29(9-4-10-29)39-17-38-2)41(36,37)35-24(13-18-5-3-12-33-26(18)35)20-7-6-19(32)14-22(20)30/h3,5-8,12-16H,4,9-11,17,32H2,1-2H3. The summed E-state index contributed by atoms with van der Waals surface area (Å²) in [4.78, 5) is 9.94. The van der Waals surface area contributed by atoms with E-state index in [1.807, 2.05) is 12.1 Å². The van der Waals surface area contributed by atoms with E-state index in [-0.39, 0.29) is 13.2 Å². The molecule has 0 radical (unpaired) electrons. The summed E-state index contributed by atoms with van der Waals surface area (Å²) in [5.41, 5.74) is 7.95. The van der Waals surface area contributed by atoms with E-state index in [0.717, 1.165) is 34.7 Å². The Balaban J connectivity index is 1.38. The molecule has 2 aliphatic carbocycles. The van der Waals surface area contributed by atoms with Gasteiger partial charge in [-0.05, 0) is 75.1 Å². The Labute approximate surface area is 252 Å². The first-order valence-electron chi connectivity index (χ1n) is 13.0. The lowest BCUT2D eigenvalue weighted by atomic mass is 9.80. The van der Waals surface area contributed by atoms with Gasteiger partial charge in [-0.2, -0.15) is 0 Å². The van der Waals surface area contributed by atoms with E-state index in [1.54, 1.807) is 62.8 Å². The van der Waals surface area contributed by atoms with Gasteiger partial charge in [-0.25, -0.2) is 22.4 Å². The van der Waals surface area contributed by atoms with Crippen LogP contribution in [0.1, 0.15) is 42.5 Å². The fraction of sp³-hybridized carbons (Fsp3) is 0.310. The number of hydrogen-bond donors (Lipinski definition) is 1. The van der Waals surface area contributed by atoms with Crippen molar-refractivity contribution >= 4 is 66.9 Å². The molecule has 2 aliphatic rings. The highest BCUT2D eigenvalue weighted by atomic mass is 35.5. The summed E-state index contributed by atoms with van der Waals surface area (Å²) in [5.74, 6) is 0. The van der Waals surface area contributed by atoms with E-state index < -0.39 is 20.4 Å². The van der Waals surface area contributed by atoms with Gasteiger partial charge in [0.05, 0.1) is 15.6 Å². The summed E-state index contributed by atoms with van der Waals surface area (Å²) in [7, 11) is -2.50. The van der Waals surface area contributed by atoms with Gasteiger partial charge in [0.2, 0.25) is 10.0 Å². The largest absolute Gasteiger partial charge is 0.399 e. The first kappa shape index (κ1) is 28.4. The van der Waals surface area contributed by atoms with Crippen LogP contribution in [-0.2, 0) is 25.1 Å². The van der Waals surface area contributed by atoms with E-state index in [0.29, 0.717) is 38.0 Å². The number of allylic oxidation sites excluding steroid dienone is 3. The van der Waals surface area contributed by atoms with Gasteiger partial charge < -0.3 is 15.2 Å². The highest BCUT2D eigenvalue weighted by molar-refractivity contribution is 7.91. The maximum absolute atomic E-state index is 14.5. The molecule has 3 heterocycles. The monoisotopic (exact) mass is 630 g/mol. The number of rotatable bonds is 8. The number of nitrogens with two attached hydrogens (primary N) is 1. The molecule has 0 amide bonds. The second kappa shape index (κ2) is 10.5. The van der Waals surface area contributed by atoms with Crippen LogP contribution in [0.2, 0.25) is 5.02 Å². The maximum Gasteiger partial charge on any atom is 0.250 e. The van der Waals surface area contributed by atoms with Gasteiger partial charge in [-0.15, -0.1) is 11.3 Å². The fourth-order valence-corrected chi connectivity index (χ4v) is 9.06. The van der Waals surface area contributed by atoms with Gasteiger partial charge in [0.1, 0.15) is 22.1 Å². The molecule has 1 fully saturated rings. The lowest BCUT2D eigenvalue weighted by molar-refractivity contribution is -0.171. The molecule has 1 saturated carbocycles. The molecule has 0 bridgehead atoms. The van der Waals surface area contributed by atoms with Crippen molar-refractivity contribution in [2.75, 3.05) is 19.6 Å². The number of thiazole rings is 1. The Kier molecular flexibility index (Phi) is 7.28. The normalized spacial score (nSPS) is 20.5. The topological polar surface area (TPSA) is 109 Å². The molecule has 1 atom stereocenters. The molecule has 4 aromatic rings. The van der Waals surface area contributed by atoms with Crippen molar-refractivity contribution in [2.45, 2.75) is 43.0 Å². The molecular weight excluding hydrogens is 603 g/mol. The highest BCUT2D eigenvalue weighted by Gasteiger charge is 2.45. The Morgan fingerprint density at radius 3 is 2.66 bits per heavy atom. The van der Waals surface area contributed by atoms with Gasteiger partial charge in [-0.3, -0.25) is 0 Å². The van der Waals surface area contributed by atoms with Crippen LogP contribution in [0.3, 0.4) is 0 Å². The average Bonchev–Trinajstić information content (AvgIpc) is 3.54. The molecule has 2 N–H and O–H groups in total. The second-order valence-corrected chi connectivity index (χ2v) is 14.6. The summed E-state index contributed by atoms with van der Waals surface area (Å²) in [5, 5.41) is 2.22. The average molecular weight is 632 g/mol. The minimum Gasteiger partial charge on any atom is -0.399 e. The van der Waals surface area contributed by atoms with Crippen molar-refractivity contribution in [1.82, 2.24) is 13.9 Å². The Morgan fingerprint density at radius 1 is 1.17 bits per heavy atom. The van der Waals surface area contributed by atoms with Gasteiger partial charge in [-0.1, -0.05) is 29.3 Å². The molecule has 6 rings (SSSR count). The third-order valence-corrected chi connectivity index (χ3v) is 11.9. The number of fused-ring (bicyclic) bond motifs is 1. The number of nitrogens with zero attached hydrogens (tertiary/aromatic N) is 3.